The Balaban J connectivity index is 1.81. The fourth-order valence-corrected chi connectivity index (χ4v) is 5.33. The summed E-state index contributed by atoms with van der Waals surface area (Å²) >= 11 is 0. The van der Waals surface area contributed by atoms with Crippen LogP contribution in [0.3, 0.4) is 0 Å². The van der Waals surface area contributed by atoms with E-state index in [9.17, 15) is 9.90 Å². The maximum Gasteiger partial charge on any atom is 0.323 e. The summed E-state index contributed by atoms with van der Waals surface area (Å²) in [6, 6.07) is 14.2. The number of aromatic nitrogens is 3. The number of carboxylic acids is 1. The van der Waals surface area contributed by atoms with Gasteiger partial charge in [-0.2, -0.15) is 0 Å². The Morgan fingerprint density at radius 2 is 1.17 bits per heavy atom. The summed E-state index contributed by atoms with van der Waals surface area (Å²) in [7, 11) is -2.31. The predicted octanol–water partition coefficient (Wildman–Crippen LogP) is 6.13. The number of ether oxygens (including phenoxy) is 2. The van der Waals surface area contributed by atoms with E-state index in [0.717, 1.165) is 48.1 Å². The fraction of sp³-hybridized carbons (Fsp3) is 0.500. The smallest absolute Gasteiger partial charge is 0.323 e. The van der Waals surface area contributed by atoms with Crippen molar-refractivity contribution in [2.24, 2.45) is 0 Å². The summed E-state index contributed by atoms with van der Waals surface area (Å²) in [6.45, 7) is 16.3. The largest absolute Gasteiger partial charge is 0.480 e. The molecular formula is C26H41N3O4Si2. The van der Waals surface area contributed by atoms with Crippen LogP contribution < -0.4 is 0 Å². The van der Waals surface area contributed by atoms with Gasteiger partial charge in [0.15, 0.2) is 0 Å². The average molecular weight is 516 g/mol. The van der Waals surface area contributed by atoms with Gasteiger partial charge in [0.25, 0.3) is 0 Å². The highest BCUT2D eigenvalue weighted by Gasteiger charge is 2.19. The summed E-state index contributed by atoms with van der Waals surface area (Å²) in [5, 5.41) is 9.69. The Morgan fingerprint density at radius 3 is 1.54 bits per heavy atom. The van der Waals surface area contributed by atoms with Gasteiger partial charge in [-0.15, -0.1) is 0 Å². The lowest BCUT2D eigenvalue weighted by Gasteiger charge is -2.18. The molecule has 0 amide bonds. The Hall–Kier alpha value is -2.34. The minimum absolute atomic E-state index is 0.124. The minimum atomic E-state index is -1.15. The third kappa shape index (κ3) is 8.10. The molecular weight excluding hydrogens is 474 g/mol. The quantitative estimate of drug-likeness (QED) is 0.207. The molecule has 0 saturated heterocycles. The highest BCUT2D eigenvalue weighted by atomic mass is 28.3. The van der Waals surface area contributed by atoms with Gasteiger partial charge in [-0.25, -0.2) is 0 Å². The first-order valence-electron chi connectivity index (χ1n) is 12.3. The molecule has 0 fully saturated rings. The molecule has 0 bridgehead atoms. The number of hydrogen-bond donors (Lipinski definition) is 1. The molecule has 3 aromatic heterocycles. The minimum Gasteiger partial charge on any atom is -0.480 e. The lowest BCUT2D eigenvalue weighted by atomic mass is 10.3. The van der Waals surface area contributed by atoms with E-state index in [0.29, 0.717) is 13.5 Å². The first-order valence-corrected chi connectivity index (χ1v) is 19.7. The number of aliphatic carboxylic acids is 1. The number of rotatable bonds is 14. The van der Waals surface area contributed by atoms with Crippen LogP contribution in [0.5, 0.6) is 0 Å². The molecule has 0 radical (unpaired) electrons. The van der Waals surface area contributed by atoms with Crippen LogP contribution in [0.15, 0.2) is 48.8 Å². The van der Waals surface area contributed by atoms with Gasteiger partial charge >= 0.3 is 5.97 Å². The highest BCUT2D eigenvalue weighted by molar-refractivity contribution is 6.76. The molecule has 1 N–H and O–H groups in total. The van der Waals surface area contributed by atoms with Crippen molar-refractivity contribution in [3.8, 4) is 22.8 Å². The maximum atomic E-state index is 11.8. The predicted molar refractivity (Wildman–Crippen MR) is 147 cm³/mol. The zero-order chi connectivity index (χ0) is 25.6. The van der Waals surface area contributed by atoms with Crippen LogP contribution in [-0.4, -0.2) is 54.1 Å². The van der Waals surface area contributed by atoms with Crippen LogP contribution in [-0.2, 0) is 34.3 Å². The van der Waals surface area contributed by atoms with E-state index >= 15 is 0 Å². The number of nitrogens with zero attached hydrogens (tertiary/aromatic N) is 3. The molecule has 0 atom stereocenters. The molecule has 0 aromatic carbocycles. The molecule has 9 heteroatoms. The number of hydrogen-bond acceptors (Lipinski definition) is 3. The van der Waals surface area contributed by atoms with E-state index in [1.807, 2.05) is 62.5 Å². The van der Waals surface area contributed by atoms with Crippen LogP contribution in [0.1, 0.15) is 0 Å². The van der Waals surface area contributed by atoms with E-state index in [1.54, 1.807) is 0 Å². The van der Waals surface area contributed by atoms with Gasteiger partial charge in [-0.3, -0.25) is 4.79 Å². The van der Waals surface area contributed by atoms with Crippen molar-refractivity contribution in [3.63, 3.8) is 0 Å². The Labute approximate surface area is 211 Å². The average Bonchev–Trinajstić information content (AvgIpc) is 3.46. The molecule has 192 valence electrons. The normalized spacial score (nSPS) is 12.4. The van der Waals surface area contributed by atoms with Crippen molar-refractivity contribution in [2.75, 3.05) is 13.2 Å². The van der Waals surface area contributed by atoms with Gasteiger partial charge in [-0.05, 0) is 48.5 Å². The summed E-state index contributed by atoms with van der Waals surface area (Å²) in [5.74, 6) is -0.877. The number of carbonyl (C=O) groups is 1. The van der Waals surface area contributed by atoms with Crippen molar-refractivity contribution >= 4 is 22.1 Å². The Morgan fingerprint density at radius 1 is 0.743 bits per heavy atom. The summed E-state index contributed by atoms with van der Waals surface area (Å²) in [4.78, 5) is 11.8. The second kappa shape index (κ2) is 11.6. The highest BCUT2D eigenvalue weighted by Crippen LogP contribution is 2.30. The van der Waals surface area contributed by atoms with Crippen molar-refractivity contribution < 1.29 is 19.4 Å². The second-order valence-electron chi connectivity index (χ2n) is 11.5. The molecule has 3 aromatic rings. The topological polar surface area (TPSA) is 70.5 Å². The SMILES string of the molecule is C[Si](C)(C)CCOCn1cccc1-c1ccc(-c2cccn2COCC[Si](C)(C)C)n1CC(=O)O. The lowest BCUT2D eigenvalue weighted by Crippen LogP contribution is -2.22. The van der Waals surface area contributed by atoms with Crippen LogP contribution in [0.4, 0.5) is 0 Å². The first kappa shape index (κ1) is 27.3. The van der Waals surface area contributed by atoms with Crippen molar-refractivity contribution in [1.29, 1.82) is 0 Å². The molecule has 0 saturated carbocycles. The van der Waals surface area contributed by atoms with Gasteiger partial charge in [0.1, 0.15) is 20.0 Å². The molecule has 0 unspecified atom stereocenters. The lowest BCUT2D eigenvalue weighted by molar-refractivity contribution is -0.137. The van der Waals surface area contributed by atoms with Crippen LogP contribution in [0, 0.1) is 0 Å². The van der Waals surface area contributed by atoms with Gasteiger partial charge < -0.3 is 28.3 Å². The van der Waals surface area contributed by atoms with Crippen molar-refractivity contribution in [2.45, 2.75) is 71.4 Å². The van der Waals surface area contributed by atoms with Crippen LogP contribution >= 0.6 is 0 Å². The molecule has 0 aliphatic heterocycles. The number of carboxylic acid groups (broad SMARTS) is 1. The molecule has 3 heterocycles. The van der Waals surface area contributed by atoms with E-state index < -0.39 is 22.1 Å². The molecule has 35 heavy (non-hydrogen) atoms. The van der Waals surface area contributed by atoms with Gasteiger partial charge in [-0.1, -0.05) is 39.3 Å². The van der Waals surface area contributed by atoms with Gasteiger partial charge in [0.2, 0.25) is 0 Å². The fourth-order valence-electron chi connectivity index (χ4n) is 3.82. The standard InChI is InChI=1S/C26H41N3O4Si2/c1-34(2,3)17-15-32-20-27-13-7-9-22(27)24-11-12-25(29(24)19-26(30)31)23-10-8-14-28(23)21-33-16-18-35(4,5)6/h7-14H,15-21H2,1-6H3,(H,30,31). The van der Waals surface area contributed by atoms with E-state index in [2.05, 4.69) is 39.3 Å². The summed E-state index contributed by atoms with van der Waals surface area (Å²) in [6.07, 6.45) is 3.97. The van der Waals surface area contributed by atoms with Crippen LogP contribution in [0.25, 0.3) is 22.8 Å². The molecule has 0 aliphatic carbocycles. The van der Waals surface area contributed by atoms with E-state index in [4.69, 9.17) is 9.47 Å². The van der Waals surface area contributed by atoms with E-state index in [-0.39, 0.29) is 6.54 Å². The Kier molecular flexibility index (Phi) is 9.03. The van der Waals surface area contributed by atoms with Gasteiger partial charge in [0.05, 0.1) is 22.8 Å². The second-order valence-corrected chi connectivity index (χ2v) is 22.7. The molecule has 0 aliphatic rings. The monoisotopic (exact) mass is 515 g/mol. The molecule has 3 rings (SSSR count). The maximum absolute atomic E-state index is 11.8. The van der Waals surface area contributed by atoms with Crippen LogP contribution in [0.2, 0.25) is 51.4 Å². The molecule has 7 nitrogen and oxygen atoms in total. The van der Waals surface area contributed by atoms with E-state index in [1.165, 1.54) is 0 Å². The summed E-state index contributed by atoms with van der Waals surface area (Å²) in [5.41, 5.74) is 3.59. The zero-order valence-electron chi connectivity index (χ0n) is 22.1. The van der Waals surface area contributed by atoms with Crippen molar-refractivity contribution in [3.05, 3.63) is 48.8 Å². The first-order chi connectivity index (χ1) is 16.4. The summed E-state index contributed by atoms with van der Waals surface area (Å²) < 4.78 is 17.9. The Bertz CT molecular complexity index is 1020. The third-order valence-electron chi connectivity index (χ3n) is 5.91. The van der Waals surface area contributed by atoms with Gasteiger partial charge in [0, 0.05) is 41.8 Å². The molecule has 0 spiro atoms. The zero-order valence-corrected chi connectivity index (χ0v) is 24.1. The van der Waals surface area contributed by atoms with Crippen molar-refractivity contribution in [1.82, 2.24) is 13.7 Å². The third-order valence-corrected chi connectivity index (χ3v) is 9.32.